The summed E-state index contributed by atoms with van der Waals surface area (Å²) in [7, 11) is 0. The molecule has 0 unspecified atom stereocenters. The van der Waals surface area contributed by atoms with Crippen LogP contribution in [0, 0.1) is 5.82 Å². The molecule has 2 aromatic rings. The van der Waals surface area contributed by atoms with Gasteiger partial charge in [0.15, 0.2) is 0 Å². The first-order chi connectivity index (χ1) is 10.7. The predicted octanol–water partition coefficient (Wildman–Crippen LogP) is 2.66. The molecule has 0 atom stereocenters. The van der Waals surface area contributed by atoms with Crippen molar-refractivity contribution in [2.24, 2.45) is 0 Å². The van der Waals surface area contributed by atoms with E-state index in [1.54, 1.807) is 30.5 Å². The van der Waals surface area contributed by atoms with Crippen LogP contribution in [0.5, 0.6) is 0 Å². The Balaban J connectivity index is 1.91. The summed E-state index contributed by atoms with van der Waals surface area (Å²) in [4.78, 5) is 16.5. The number of rotatable bonds is 3. The number of aromatic nitrogens is 1. The molecule has 1 aromatic heterocycles. The number of carbonyl (C=O) groups excluding carboxylic acids is 1. The van der Waals surface area contributed by atoms with E-state index < -0.39 is 5.54 Å². The Bertz CT molecular complexity index is 655. The van der Waals surface area contributed by atoms with Crippen LogP contribution >= 0.6 is 0 Å². The molecule has 1 saturated heterocycles. The van der Waals surface area contributed by atoms with E-state index in [2.05, 4.69) is 10.3 Å². The van der Waals surface area contributed by atoms with E-state index >= 15 is 0 Å². The van der Waals surface area contributed by atoms with Gasteiger partial charge in [-0.1, -0.05) is 18.2 Å². The van der Waals surface area contributed by atoms with Crippen LogP contribution in [0.4, 0.5) is 4.39 Å². The van der Waals surface area contributed by atoms with Crippen molar-refractivity contribution in [1.82, 2.24) is 10.3 Å². The molecule has 1 N–H and O–H groups in total. The third-order valence-corrected chi connectivity index (χ3v) is 3.97. The van der Waals surface area contributed by atoms with Gasteiger partial charge in [0.1, 0.15) is 11.5 Å². The van der Waals surface area contributed by atoms with Crippen molar-refractivity contribution in [1.29, 1.82) is 0 Å². The zero-order valence-electron chi connectivity index (χ0n) is 12.1. The van der Waals surface area contributed by atoms with E-state index in [4.69, 9.17) is 4.74 Å². The summed E-state index contributed by atoms with van der Waals surface area (Å²) in [6.45, 7) is 1.05. The molecular weight excluding hydrogens is 283 g/mol. The molecule has 2 heterocycles. The summed E-state index contributed by atoms with van der Waals surface area (Å²) in [5.41, 5.74) is 0.499. The number of ether oxygens (including phenoxy) is 1. The van der Waals surface area contributed by atoms with E-state index in [0.717, 1.165) is 5.56 Å². The van der Waals surface area contributed by atoms with E-state index in [1.807, 2.05) is 6.07 Å². The van der Waals surface area contributed by atoms with Gasteiger partial charge in [0.25, 0.3) is 5.91 Å². The molecule has 1 fully saturated rings. The summed E-state index contributed by atoms with van der Waals surface area (Å²) in [6.07, 6.45) is 2.79. The summed E-state index contributed by atoms with van der Waals surface area (Å²) < 4.78 is 19.0. The Morgan fingerprint density at radius 3 is 2.68 bits per heavy atom. The van der Waals surface area contributed by atoms with Crippen molar-refractivity contribution < 1.29 is 13.9 Å². The van der Waals surface area contributed by atoms with Crippen LogP contribution in [-0.2, 0) is 10.3 Å². The highest BCUT2D eigenvalue weighted by molar-refractivity contribution is 5.92. The van der Waals surface area contributed by atoms with E-state index in [1.165, 1.54) is 12.1 Å². The molecule has 4 nitrogen and oxygen atoms in total. The van der Waals surface area contributed by atoms with Gasteiger partial charge >= 0.3 is 0 Å². The first-order valence-corrected chi connectivity index (χ1v) is 7.27. The first-order valence-electron chi connectivity index (χ1n) is 7.27. The highest BCUT2D eigenvalue weighted by atomic mass is 19.1. The quantitative estimate of drug-likeness (QED) is 0.948. The molecule has 1 aromatic carbocycles. The maximum absolute atomic E-state index is 13.6. The number of hydrogen-bond donors (Lipinski definition) is 1. The zero-order chi connectivity index (χ0) is 15.4. The van der Waals surface area contributed by atoms with Gasteiger partial charge < -0.3 is 10.1 Å². The van der Waals surface area contributed by atoms with Crippen LogP contribution in [0.3, 0.4) is 0 Å². The Morgan fingerprint density at radius 2 is 2.00 bits per heavy atom. The predicted molar refractivity (Wildman–Crippen MR) is 79.8 cm³/mol. The van der Waals surface area contributed by atoms with Gasteiger partial charge in [-0.3, -0.25) is 9.78 Å². The Hall–Kier alpha value is -2.27. The largest absolute Gasteiger partial charge is 0.381 e. The zero-order valence-corrected chi connectivity index (χ0v) is 12.1. The molecular formula is C17H17FN2O2. The second-order valence-corrected chi connectivity index (χ2v) is 5.37. The molecule has 1 amide bonds. The van der Waals surface area contributed by atoms with Crippen LogP contribution in [0.25, 0.3) is 0 Å². The molecule has 114 valence electrons. The molecule has 0 radical (unpaired) electrons. The number of carbonyl (C=O) groups is 1. The van der Waals surface area contributed by atoms with Crippen LogP contribution in [0.2, 0.25) is 0 Å². The third kappa shape index (κ3) is 2.99. The average molecular weight is 300 g/mol. The average Bonchev–Trinajstić information content (AvgIpc) is 2.56. The molecule has 0 aliphatic carbocycles. The summed E-state index contributed by atoms with van der Waals surface area (Å²) in [5.74, 6) is -0.567. The maximum atomic E-state index is 13.6. The number of pyridine rings is 1. The van der Waals surface area contributed by atoms with E-state index in [9.17, 15) is 9.18 Å². The molecule has 0 bridgehead atoms. The van der Waals surface area contributed by atoms with Crippen LogP contribution < -0.4 is 5.32 Å². The van der Waals surface area contributed by atoms with Crippen molar-refractivity contribution >= 4 is 5.91 Å². The van der Waals surface area contributed by atoms with Crippen molar-refractivity contribution in [2.75, 3.05) is 13.2 Å². The minimum atomic E-state index is -0.616. The Morgan fingerprint density at radius 1 is 1.18 bits per heavy atom. The summed E-state index contributed by atoms with van der Waals surface area (Å²) >= 11 is 0. The highest BCUT2D eigenvalue weighted by Gasteiger charge is 2.36. The number of nitrogens with zero attached hydrogens (tertiary/aromatic N) is 1. The van der Waals surface area contributed by atoms with Gasteiger partial charge in [0.05, 0.1) is 5.54 Å². The van der Waals surface area contributed by atoms with Gasteiger partial charge in [-0.05, 0) is 42.7 Å². The number of halogens is 1. The van der Waals surface area contributed by atoms with Crippen molar-refractivity contribution in [3.05, 3.63) is 65.7 Å². The van der Waals surface area contributed by atoms with E-state index in [-0.39, 0.29) is 11.7 Å². The number of benzene rings is 1. The fourth-order valence-electron chi connectivity index (χ4n) is 2.77. The number of nitrogens with one attached hydrogen (secondary N) is 1. The normalized spacial score (nSPS) is 17.0. The monoisotopic (exact) mass is 300 g/mol. The van der Waals surface area contributed by atoms with Crippen molar-refractivity contribution in [3.8, 4) is 0 Å². The lowest BCUT2D eigenvalue weighted by Gasteiger charge is -2.38. The topological polar surface area (TPSA) is 51.2 Å². The second kappa shape index (κ2) is 6.23. The first kappa shape index (κ1) is 14.7. The number of amides is 1. The maximum Gasteiger partial charge on any atom is 0.270 e. The highest BCUT2D eigenvalue weighted by Crippen LogP contribution is 2.32. The lowest BCUT2D eigenvalue weighted by atomic mass is 9.82. The fraction of sp³-hybridized carbons (Fsp3) is 0.294. The second-order valence-electron chi connectivity index (χ2n) is 5.37. The minimum absolute atomic E-state index is 0.258. The Kier molecular flexibility index (Phi) is 4.15. The summed E-state index contributed by atoms with van der Waals surface area (Å²) in [6, 6.07) is 11.6. The fourth-order valence-corrected chi connectivity index (χ4v) is 2.77. The van der Waals surface area contributed by atoms with Crippen molar-refractivity contribution in [3.63, 3.8) is 0 Å². The standard InChI is InChI=1S/C17H17FN2O2/c18-14-5-3-4-13(12-14)17(7-10-22-11-8-17)20-16(21)15-6-1-2-9-19-15/h1-6,9,12H,7-8,10-11H2,(H,20,21). The minimum Gasteiger partial charge on any atom is -0.381 e. The van der Waals surface area contributed by atoms with Crippen LogP contribution in [0.15, 0.2) is 48.7 Å². The molecule has 0 spiro atoms. The van der Waals surface area contributed by atoms with Gasteiger partial charge in [-0.15, -0.1) is 0 Å². The van der Waals surface area contributed by atoms with Crippen LogP contribution in [-0.4, -0.2) is 24.1 Å². The SMILES string of the molecule is O=C(NC1(c2cccc(F)c2)CCOCC1)c1ccccn1. The molecule has 1 aliphatic heterocycles. The molecule has 0 saturated carbocycles. The van der Waals surface area contributed by atoms with Gasteiger partial charge in [0.2, 0.25) is 0 Å². The van der Waals surface area contributed by atoms with Gasteiger partial charge in [0, 0.05) is 19.4 Å². The molecule has 3 rings (SSSR count). The smallest absolute Gasteiger partial charge is 0.270 e. The molecule has 1 aliphatic rings. The van der Waals surface area contributed by atoms with E-state index in [0.29, 0.717) is 31.7 Å². The van der Waals surface area contributed by atoms with Gasteiger partial charge in [-0.25, -0.2) is 4.39 Å². The number of hydrogen-bond acceptors (Lipinski definition) is 3. The molecule has 5 heteroatoms. The molecule has 22 heavy (non-hydrogen) atoms. The van der Waals surface area contributed by atoms with Crippen LogP contribution in [0.1, 0.15) is 28.9 Å². The third-order valence-electron chi connectivity index (χ3n) is 3.97. The summed E-state index contributed by atoms with van der Waals surface area (Å²) in [5, 5.41) is 3.04. The lowest BCUT2D eigenvalue weighted by molar-refractivity contribution is 0.0343. The lowest BCUT2D eigenvalue weighted by Crippen LogP contribution is -2.49. The Labute approximate surface area is 128 Å². The van der Waals surface area contributed by atoms with Crippen molar-refractivity contribution in [2.45, 2.75) is 18.4 Å². The van der Waals surface area contributed by atoms with Gasteiger partial charge in [-0.2, -0.15) is 0 Å².